The van der Waals surface area contributed by atoms with E-state index in [0.717, 1.165) is 28.5 Å². The first-order valence-electron chi connectivity index (χ1n) is 5.45. The summed E-state index contributed by atoms with van der Waals surface area (Å²) in [7, 11) is 0. The molecule has 0 saturated carbocycles. The van der Waals surface area contributed by atoms with Gasteiger partial charge in [-0.1, -0.05) is 19.8 Å². The summed E-state index contributed by atoms with van der Waals surface area (Å²) in [5.41, 5.74) is 6.57. The maximum Gasteiger partial charge on any atom is 0.241 e. The van der Waals surface area contributed by atoms with Gasteiger partial charge in [0.1, 0.15) is 0 Å². The van der Waals surface area contributed by atoms with Crippen LogP contribution >= 0.6 is 22.6 Å². The summed E-state index contributed by atoms with van der Waals surface area (Å²) in [4.78, 5) is 11.7. The third-order valence-electron chi connectivity index (χ3n) is 2.32. The molecule has 0 aliphatic heterocycles. The fraction of sp³-hybridized carbons (Fsp3) is 0.417. The molecule has 0 heterocycles. The molecule has 3 nitrogen and oxygen atoms in total. The number of nitrogens with one attached hydrogen (secondary N) is 1. The lowest BCUT2D eigenvalue weighted by Crippen LogP contribution is -2.35. The highest BCUT2D eigenvalue weighted by Gasteiger charge is 2.12. The molecule has 1 amide bonds. The second kappa shape index (κ2) is 6.85. The first kappa shape index (κ1) is 13.4. The minimum atomic E-state index is -0.403. The average Bonchev–Trinajstić information content (AvgIpc) is 2.29. The monoisotopic (exact) mass is 332 g/mol. The van der Waals surface area contributed by atoms with Gasteiger partial charge in [-0.05, 0) is 53.3 Å². The van der Waals surface area contributed by atoms with E-state index in [2.05, 4.69) is 34.8 Å². The van der Waals surface area contributed by atoms with E-state index in [4.69, 9.17) is 5.73 Å². The zero-order valence-electron chi connectivity index (χ0n) is 9.37. The number of carbonyl (C=O) groups excluding carboxylic acids is 1. The topological polar surface area (TPSA) is 55.1 Å². The van der Waals surface area contributed by atoms with Gasteiger partial charge in [0, 0.05) is 9.26 Å². The van der Waals surface area contributed by atoms with Crippen molar-refractivity contribution in [2.24, 2.45) is 5.73 Å². The molecule has 0 fully saturated rings. The van der Waals surface area contributed by atoms with Gasteiger partial charge >= 0.3 is 0 Å². The predicted molar refractivity (Wildman–Crippen MR) is 75.3 cm³/mol. The van der Waals surface area contributed by atoms with Crippen LogP contribution in [0.1, 0.15) is 26.2 Å². The second-order valence-electron chi connectivity index (χ2n) is 3.74. The number of unbranched alkanes of at least 4 members (excludes halogenated alkanes) is 1. The van der Waals surface area contributed by atoms with Crippen molar-refractivity contribution >= 4 is 34.2 Å². The Morgan fingerprint density at radius 1 is 1.44 bits per heavy atom. The van der Waals surface area contributed by atoms with E-state index in [1.807, 2.05) is 24.3 Å². The van der Waals surface area contributed by atoms with E-state index < -0.39 is 6.04 Å². The van der Waals surface area contributed by atoms with Crippen molar-refractivity contribution in [2.45, 2.75) is 32.2 Å². The Morgan fingerprint density at radius 3 is 2.62 bits per heavy atom. The Balaban J connectivity index is 2.47. The number of anilines is 1. The number of hydrogen-bond donors (Lipinski definition) is 2. The van der Waals surface area contributed by atoms with Crippen molar-refractivity contribution < 1.29 is 4.79 Å². The molecule has 1 atom stereocenters. The molecule has 1 unspecified atom stereocenters. The molecule has 0 spiro atoms. The number of rotatable bonds is 5. The maximum atomic E-state index is 11.7. The van der Waals surface area contributed by atoms with Gasteiger partial charge in [-0.3, -0.25) is 4.79 Å². The van der Waals surface area contributed by atoms with Gasteiger partial charge in [-0.2, -0.15) is 0 Å². The molecule has 1 rings (SSSR count). The number of carbonyl (C=O) groups is 1. The van der Waals surface area contributed by atoms with E-state index in [9.17, 15) is 4.79 Å². The molecule has 0 bridgehead atoms. The normalized spacial score (nSPS) is 12.2. The quantitative estimate of drug-likeness (QED) is 0.815. The smallest absolute Gasteiger partial charge is 0.241 e. The number of halogens is 1. The van der Waals surface area contributed by atoms with Gasteiger partial charge in [-0.25, -0.2) is 0 Å². The zero-order chi connectivity index (χ0) is 12.0. The average molecular weight is 332 g/mol. The predicted octanol–water partition coefficient (Wildman–Crippen LogP) is 2.75. The number of hydrogen-bond acceptors (Lipinski definition) is 2. The van der Waals surface area contributed by atoms with Gasteiger partial charge in [0.2, 0.25) is 5.91 Å². The Hall–Kier alpha value is -0.620. The molecule has 88 valence electrons. The zero-order valence-corrected chi connectivity index (χ0v) is 11.5. The van der Waals surface area contributed by atoms with Crippen molar-refractivity contribution in [2.75, 3.05) is 5.32 Å². The van der Waals surface area contributed by atoms with Crippen LogP contribution in [0.25, 0.3) is 0 Å². The molecule has 0 aliphatic carbocycles. The molecule has 0 aromatic heterocycles. The van der Waals surface area contributed by atoms with Crippen LogP contribution in [0.5, 0.6) is 0 Å². The number of amides is 1. The lowest BCUT2D eigenvalue weighted by Gasteiger charge is -2.11. The van der Waals surface area contributed by atoms with Gasteiger partial charge in [-0.15, -0.1) is 0 Å². The van der Waals surface area contributed by atoms with Crippen LogP contribution in [0.3, 0.4) is 0 Å². The highest BCUT2D eigenvalue weighted by Crippen LogP contribution is 2.11. The Labute approximate surface area is 110 Å². The van der Waals surface area contributed by atoms with E-state index >= 15 is 0 Å². The molecular formula is C12H17IN2O. The van der Waals surface area contributed by atoms with Crippen LogP contribution < -0.4 is 11.1 Å². The SMILES string of the molecule is CCCCC(N)C(=O)Nc1ccc(I)cc1. The molecule has 3 N–H and O–H groups in total. The van der Waals surface area contributed by atoms with Crippen molar-refractivity contribution in [1.82, 2.24) is 0 Å². The molecule has 16 heavy (non-hydrogen) atoms. The van der Waals surface area contributed by atoms with Crippen LogP contribution in [0.2, 0.25) is 0 Å². The van der Waals surface area contributed by atoms with Gasteiger partial charge < -0.3 is 11.1 Å². The minimum Gasteiger partial charge on any atom is -0.325 e. The third-order valence-corrected chi connectivity index (χ3v) is 3.04. The summed E-state index contributed by atoms with van der Waals surface area (Å²) in [5.74, 6) is -0.102. The largest absolute Gasteiger partial charge is 0.325 e. The maximum absolute atomic E-state index is 11.7. The number of benzene rings is 1. The van der Waals surface area contributed by atoms with Crippen molar-refractivity contribution in [3.63, 3.8) is 0 Å². The molecule has 1 aromatic rings. The minimum absolute atomic E-state index is 0.102. The summed E-state index contributed by atoms with van der Waals surface area (Å²) >= 11 is 2.22. The molecule has 0 saturated heterocycles. The van der Waals surface area contributed by atoms with Crippen LogP contribution in [-0.4, -0.2) is 11.9 Å². The summed E-state index contributed by atoms with van der Waals surface area (Å²) in [6, 6.07) is 7.26. The van der Waals surface area contributed by atoms with Crippen molar-refractivity contribution in [3.05, 3.63) is 27.8 Å². The van der Waals surface area contributed by atoms with Crippen LogP contribution in [-0.2, 0) is 4.79 Å². The van der Waals surface area contributed by atoms with E-state index in [1.165, 1.54) is 0 Å². The third kappa shape index (κ3) is 4.49. The first-order valence-corrected chi connectivity index (χ1v) is 6.53. The van der Waals surface area contributed by atoms with Gasteiger partial charge in [0.05, 0.1) is 6.04 Å². The summed E-state index contributed by atoms with van der Waals surface area (Å²) < 4.78 is 1.14. The Morgan fingerprint density at radius 2 is 2.06 bits per heavy atom. The van der Waals surface area contributed by atoms with E-state index in [-0.39, 0.29) is 5.91 Å². The fourth-order valence-corrected chi connectivity index (χ4v) is 1.68. The lowest BCUT2D eigenvalue weighted by molar-refractivity contribution is -0.117. The summed E-state index contributed by atoms with van der Waals surface area (Å²) in [6.07, 6.45) is 2.79. The van der Waals surface area contributed by atoms with Crippen LogP contribution in [0.15, 0.2) is 24.3 Å². The molecule has 0 radical (unpaired) electrons. The Kier molecular flexibility index (Phi) is 5.76. The standard InChI is InChI=1S/C12H17IN2O/c1-2-3-4-11(14)12(16)15-10-7-5-9(13)6-8-10/h5-8,11H,2-4,14H2,1H3,(H,15,16). The van der Waals surface area contributed by atoms with Crippen molar-refractivity contribution in [3.8, 4) is 0 Å². The molecule has 4 heteroatoms. The second-order valence-corrected chi connectivity index (χ2v) is 4.99. The fourth-order valence-electron chi connectivity index (χ4n) is 1.32. The van der Waals surface area contributed by atoms with Gasteiger partial charge in [0.15, 0.2) is 0 Å². The van der Waals surface area contributed by atoms with E-state index in [0.29, 0.717) is 0 Å². The first-order chi connectivity index (χ1) is 7.63. The summed E-state index contributed by atoms with van der Waals surface area (Å²) in [6.45, 7) is 2.09. The molecular weight excluding hydrogens is 315 g/mol. The Bertz CT molecular complexity index is 337. The summed E-state index contributed by atoms with van der Waals surface area (Å²) in [5, 5.41) is 2.81. The molecule has 1 aromatic carbocycles. The highest BCUT2D eigenvalue weighted by atomic mass is 127. The van der Waals surface area contributed by atoms with Crippen molar-refractivity contribution in [1.29, 1.82) is 0 Å². The van der Waals surface area contributed by atoms with Crippen LogP contribution in [0, 0.1) is 3.57 Å². The highest BCUT2D eigenvalue weighted by molar-refractivity contribution is 14.1. The van der Waals surface area contributed by atoms with Crippen LogP contribution in [0.4, 0.5) is 5.69 Å². The molecule has 0 aliphatic rings. The lowest BCUT2D eigenvalue weighted by atomic mass is 10.1. The van der Waals surface area contributed by atoms with Gasteiger partial charge in [0.25, 0.3) is 0 Å². The van der Waals surface area contributed by atoms with E-state index in [1.54, 1.807) is 0 Å². The number of nitrogens with two attached hydrogens (primary N) is 1.